The molecular weight excluding hydrogens is 226 g/mol. The molecule has 1 aliphatic carbocycles. The van der Waals surface area contributed by atoms with Crippen LogP contribution in [0.25, 0.3) is 0 Å². The number of carbonyl (C=O) groups is 1. The first-order valence-corrected chi connectivity index (χ1v) is 6.59. The van der Waals surface area contributed by atoms with Crippen molar-refractivity contribution in [2.45, 2.75) is 52.1 Å². The van der Waals surface area contributed by atoms with Crippen LogP contribution in [0.1, 0.15) is 66.0 Å². The summed E-state index contributed by atoms with van der Waals surface area (Å²) in [5.74, 6) is 0.704. The Hall–Kier alpha value is -1.35. The third-order valence-electron chi connectivity index (χ3n) is 4.66. The van der Waals surface area contributed by atoms with Gasteiger partial charge >= 0.3 is 0 Å². The smallest absolute Gasteiger partial charge is 0.257 e. The highest BCUT2D eigenvalue weighted by Crippen LogP contribution is 2.51. The molecule has 3 nitrogen and oxygen atoms in total. The molecule has 96 valence electrons. The van der Waals surface area contributed by atoms with Crippen LogP contribution in [-0.4, -0.2) is 11.0 Å². The molecule has 0 aromatic heterocycles. The van der Waals surface area contributed by atoms with Crippen molar-refractivity contribution < 1.29 is 9.90 Å². The number of amides is 1. The molecule has 18 heavy (non-hydrogen) atoms. The van der Waals surface area contributed by atoms with Crippen LogP contribution in [0.3, 0.4) is 0 Å². The van der Waals surface area contributed by atoms with E-state index >= 15 is 0 Å². The Kier molecular flexibility index (Phi) is 2.33. The summed E-state index contributed by atoms with van der Waals surface area (Å²) in [6.45, 7) is 8.56. The van der Waals surface area contributed by atoms with Crippen molar-refractivity contribution in [1.29, 1.82) is 0 Å². The quantitative estimate of drug-likeness (QED) is 0.738. The van der Waals surface area contributed by atoms with E-state index in [4.69, 9.17) is 0 Å². The molecule has 0 saturated carbocycles. The lowest BCUT2D eigenvalue weighted by atomic mass is 9.88. The van der Waals surface area contributed by atoms with Crippen LogP contribution in [0, 0.1) is 13.8 Å². The first kappa shape index (κ1) is 11.7. The lowest BCUT2D eigenvalue weighted by molar-refractivity contribution is -0.123. The Morgan fingerprint density at radius 2 is 1.61 bits per heavy atom. The van der Waals surface area contributed by atoms with Gasteiger partial charge in [0, 0.05) is 5.56 Å². The number of anilines is 1. The SMILES string of the molecule is Cc1c(C)c2c(c3c1[C@@H](C)C[C@@H]3C)NC(=O)[C@@H]2O. The fourth-order valence-corrected chi connectivity index (χ4v) is 3.79. The molecule has 0 spiro atoms. The monoisotopic (exact) mass is 245 g/mol. The minimum atomic E-state index is -0.993. The molecule has 1 aromatic rings. The van der Waals surface area contributed by atoms with E-state index in [1.165, 1.54) is 16.7 Å². The largest absolute Gasteiger partial charge is 0.378 e. The van der Waals surface area contributed by atoms with E-state index < -0.39 is 6.10 Å². The summed E-state index contributed by atoms with van der Waals surface area (Å²) in [6.07, 6.45) is 0.130. The van der Waals surface area contributed by atoms with Gasteiger partial charge in [0.05, 0.1) is 5.69 Å². The Morgan fingerprint density at radius 3 is 2.28 bits per heavy atom. The Labute approximate surface area is 107 Å². The molecule has 3 rings (SSSR count). The summed E-state index contributed by atoms with van der Waals surface area (Å²) < 4.78 is 0. The second kappa shape index (κ2) is 3.58. The topological polar surface area (TPSA) is 49.3 Å². The van der Waals surface area contributed by atoms with Crippen LogP contribution >= 0.6 is 0 Å². The zero-order valence-corrected chi connectivity index (χ0v) is 11.3. The Bertz CT molecular complexity index is 562. The summed E-state index contributed by atoms with van der Waals surface area (Å²) in [7, 11) is 0. The molecule has 3 heteroatoms. The molecule has 0 saturated heterocycles. The second-order valence-corrected chi connectivity index (χ2v) is 5.80. The minimum Gasteiger partial charge on any atom is -0.378 e. The van der Waals surface area contributed by atoms with Crippen LogP contribution < -0.4 is 5.32 Å². The minimum absolute atomic E-state index is 0.285. The van der Waals surface area contributed by atoms with E-state index in [2.05, 4.69) is 26.1 Å². The standard InChI is InChI=1S/C15H19NO2/c1-6-5-7(2)11-10(6)8(3)9(4)12-13(11)16-15(18)14(12)17/h6-7,14,17H,5H2,1-4H3,(H,16,18)/t6-,7-,14+/m0/s1. The summed E-state index contributed by atoms with van der Waals surface area (Å²) in [5.41, 5.74) is 6.64. The van der Waals surface area contributed by atoms with Crippen LogP contribution in [0.15, 0.2) is 0 Å². The molecule has 1 aliphatic heterocycles. The average molecular weight is 245 g/mol. The predicted molar refractivity (Wildman–Crippen MR) is 71.0 cm³/mol. The number of aliphatic hydroxyl groups excluding tert-OH is 1. The molecule has 0 unspecified atom stereocenters. The maximum Gasteiger partial charge on any atom is 0.257 e. The molecule has 0 bridgehead atoms. The highest BCUT2D eigenvalue weighted by molar-refractivity contribution is 6.04. The van der Waals surface area contributed by atoms with Crippen molar-refractivity contribution in [2.24, 2.45) is 0 Å². The number of carbonyl (C=O) groups excluding carboxylic acids is 1. The molecule has 3 atom stereocenters. The van der Waals surface area contributed by atoms with Gasteiger partial charge in [-0.05, 0) is 54.4 Å². The van der Waals surface area contributed by atoms with Crippen molar-refractivity contribution in [3.05, 3.63) is 27.8 Å². The zero-order valence-electron chi connectivity index (χ0n) is 11.3. The number of hydrogen-bond donors (Lipinski definition) is 2. The second-order valence-electron chi connectivity index (χ2n) is 5.80. The molecule has 2 aliphatic rings. The maximum atomic E-state index is 11.7. The van der Waals surface area contributed by atoms with E-state index in [1.807, 2.05) is 6.92 Å². The van der Waals surface area contributed by atoms with Gasteiger partial charge in [0.1, 0.15) is 0 Å². The summed E-state index contributed by atoms with van der Waals surface area (Å²) in [5, 5.41) is 12.9. The Morgan fingerprint density at radius 1 is 1.06 bits per heavy atom. The van der Waals surface area contributed by atoms with E-state index in [0.29, 0.717) is 11.8 Å². The van der Waals surface area contributed by atoms with E-state index in [-0.39, 0.29) is 5.91 Å². The van der Waals surface area contributed by atoms with Gasteiger partial charge in [0.25, 0.3) is 5.91 Å². The van der Waals surface area contributed by atoms with Crippen LogP contribution in [0.5, 0.6) is 0 Å². The lowest BCUT2D eigenvalue weighted by Crippen LogP contribution is -2.11. The van der Waals surface area contributed by atoms with E-state index in [9.17, 15) is 9.90 Å². The van der Waals surface area contributed by atoms with Crippen molar-refractivity contribution in [1.82, 2.24) is 0 Å². The molecule has 1 aromatic carbocycles. The fraction of sp³-hybridized carbons (Fsp3) is 0.533. The van der Waals surface area contributed by atoms with Crippen LogP contribution in [0.4, 0.5) is 5.69 Å². The third kappa shape index (κ3) is 1.25. The number of benzene rings is 1. The predicted octanol–water partition coefficient (Wildman–Crippen LogP) is 2.90. The van der Waals surface area contributed by atoms with Gasteiger partial charge in [0.15, 0.2) is 6.10 Å². The number of fused-ring (bicyclic) bond motifs is 3. The lowest BCUT2D eigenvalue weighted by Gasteiger charge is -2.18. The molecule has 1 amide bonds. The first-order valence-electron chi connectivity index (χ1n) is 6.59. The summed E-state index contributed by atoms with van der Waals surface area (Å²) >= 11 is 0. The molecule has 2 N–H and O–H groups in total. The normalized spacial score (nSPS) is 29.2. The van der Waals surface area contributed by atoms with E-state index in [0.717, 1.165) is 23.2 Å². The molecule has 0 fully saturated rings. The average Bonchev–Trinajstić information content (AvgIpc) is 2.75. The van der Waals surface area contributed by atoms with Gasteiger partial charge in [0.2, 0.25) is 0 Å². The number of hydrogen-bond acceptors (Lipinski definition) is 2. The third-order valence-corrected chi connectivity index (χ3v) is 4.66. The van der Waals surface area contributed by atoms with Crippen molar-refractivity contribution >= 4 is 11.6 Å². The van der Waals surface area contributed by atoms with Crippen molar-refractivity contribution in [2.75, 3.05) is 5.32 Å². The molecule has 0 radical (unpaired) electrons. The Balaban J connectivity index is 2.37. The first-order chi connectivity index (χ1) is 8.43. The van der Waals surface area contributed by atoms with Crippen LogP contribution in [0.2, 0.25) is 0 Å². The summed E-state index contributed by atoms with van der Waals surface area (Å²) in [4.78, 5) is 11.7. The van der Waals surface area contributed by atoms with Crippen molar-refractivity contribution in [3.63, 3.8) is 0 Å². The van der Waals surface area contributed by atoms with Crippen molar-refractivity contribution in [3.8, 4) is 0 Å². The van der Waals surface area contributed by atoms with Gasteiger partial charge in [-0.25, -0.2) is 0 Å². The van der Waals surface area contributed by atoms with Gasteiger partial charge in [-0.3, -0.25) is 4.79 Å². The molecular formula is C15H19NO2. The van der Waals surface area contributed by atoms with Gasteiger partial charge in [-0.1, -0.05) is 13.8 Å². The van der Waals surface area contributed by atoms with Gasteiger partial charge in [-0.15, -0.1) is 0 Å². The fourth-order valence-electron chi connectivity index (χ4n) is 3.79. The maximum absolute atomic E-state index is 11.7. The number of nitrogens with one attached hydrogen (secondary N) is 1. The van der Waals surface area contributed by atoms with Crippen LogP contribution in [-0.2, 0) is 4.79 Å². The van der Waals surface area contributed by atoms with E-state index in [1.54, 1.807) is 0 Å². The highest BCUT2D eigenvalue weighted by atomic mass is 16.3. The molecule has 1 heterocycles. The van der Waals surface area contributed by atoms with Gasteiger partial charge in [-0.2, -0.15) is 0 Å². The highest BCUT2D eigenvalue weighted by Gasteiger charge is 2.39. The summed E-state index contributed by atoms with van der Waals surface area (Å²) in [6, 6.07) is 0. The van der Waals surface area contributed by atoms with Gasteiger partial charge < -0.3 is 10.4 Å². The zero-order chi connectivity index (χ0) is 13.2. The number of aliphatic hydroxyl groups is 1. The number of rotatable bonds is 0.